The van der Waals surface area contributed by atoms with Gasteiger partial charge in [-0.25, -0.2) is 4.79 Å². The van der Waals surface area contributed by atoms with Gasteiger partial charge in [-0.1, -0.05) is 0 Å². The predicted octanol–water partition coefficient (Wildman–Crippen LogP) is 0.704. The number of aromatic nitrogens is 2. The van der Waals surface area contributed by atoms with Gasteiger partial charge in [0, 0.05) is 19.2 Å². The molecule has 0 spiro atoms. The normalized spacial score (nSPS) is 15.5. The van der Waals surface area contributed by atoms with E-state index in [1.54, 1.807) is 24.0 Å². The maximum absolute atomic E-state index is 11.2. The number of rotatable bonds is 2. The highest BCUT2D eigenvalue weighted by molar-refractivity contribution is 5.88. The first-order chi connectivity index (χ1) is 6.25. The summed E-state index contributed by atoms with van der Waals surface area (Å²) in [6, 6.07) is 1.99. The molecule has 2 rings (SSSR count). The second-order valence-corrected chi connectivity index (χ2v) is 3.21. The number of nitrogens with one attached hydrogen (secondary N) is 2. The Bertz CT molecular complexity index is 316. The van der Waals surface area contributed by atoms with Crippen LogP contribution in [0.25, 0.3) is 0 Å². The number of carbonyl (C=O) groups excluding carboxylic acids is 1. The highest BCUT2D eigenvalue weighted by Gasteiger charge is 2.23. The van der Waals surface area contributed by atoms with Crippen LogP contribution in [0.5, 0.6) is 0 Å². The molecule has 1 saturated carbocycles. The van der Waals surface area contributed by atoms with Crippen molar-refractivity contribution >= 4 is 11.8 Å². The molecule has 0 unspecified atom stereocenters. The fourth-order valence-corrected chi connectivity index (χ4v) is 1.06. The number of hydrogen-bond donors (Lipinski definition) is 2. The molecule has 1 aromatic rings. The number of hydrogen-bond acceptors (Lipinski definition) is 2. The number of carbonyl (C=O) groups is 1. The van der Waals surface area contributed by atoms with Crippen molar-refractivity contribution in [2.75, 3.05) is 5.32 Å². The molecular formula is C8H12N4O. The van der Waals surface area contributed by atoms with Crippen LogP contribution in [0.15, 0.2) is 12.3 Å². The Morgan fingerprint density at radius 3 is 3.00 bits per heavy atom. The first kappa shape index (κ1) is 8.10. The first-order valence-corrected chi connectivity index (χ1v) is 4.31. The lowest BCUT2D eigenvalue weighted by Crippen LogP contribution is -2.31. The molecule has 1 fully saturated rings. The van der Waals surface area contributed by atoms with E-state index in [1.165, 1.54) is 0 Å². The summed E-state index contributed by atoms with van der Waals surface area (Å²) in [6.07, 6.45) is 3.84. The summed E-state index contributed by atoms with van der Waals surface area (Å²) in [5, 5.41) is 9.48. The van der Waals surface area contributed by atoms with Crippen LogP contribution in [-0.2, 0) is 7.05 Å². The first-order valence-electron chi connectivity index (χ1n) is 4.31. The van der Waals surface area contributed by atoms with Crippen molar-refractivity contribution < 1.29 is 4.79 Å². The van der Waals surface area contributed by atoms with Gasteiger partial charge in [0.05, 0.1) is 6.20 Å². The smallest absolute Gasteiger partial charge is 0.320 e. The van der Waals surface area contributed by atoms with E-state index < -0.39 is 0 Å². The van der Waals surface area contributed by atoms with Crippen LogP contribution in [0.4, 0.5) is 10.6 Å². The Hall–Kier alpha value is -1.52. The Kier molecular flexibility index (Phi) is 1.92. The van der Waals surface area contributed by atoms with Crippen LogP contribution in [0.1, 0.15) is 12.8 Å². The minimum atomic E-state index is -0.147. The molecule has 0 saturated heterocycles. The van der Waals surface area contributed by atoms with E-state index in [0.29, 0.717) is 11.9 Å². The predicted molar refractivity (Wildman–Crippen MR) is 48.4 cm³/mol. The van der Waals surface area contributed by atoms with Crippen LogP contribution in [0, 0.1) is 0 Å². The summed E-state index contributed by atoms with van der Waals surface area (Å²) in [5.41, 5.74) is 0. The largest absolute Gasteiger partial charge is 0.335 e. The topological polar surface area (TPSA) is 59.0 Å². The lowest BCUT2D eigenvalue weighted by molar-refractivity contribution is 0.251. The molecule has 2 N–H and O–H groups in total. The minimum absolute atomic E-state index is 0.147. The molecule has 1 aromatic heterocycles. The van der Waals surface area contributed by atoms with E-state index in [2.05, 4.69) is 15.7 Å². The van der Waals surface area contributed by atoms with Gasteiger partial charge in [-0.05, 0) is 12.8 Å². The van der Waals surface area contributed by atoms with Crippen LogP contribution in [0.2, 0.25) is 0 Å². The van der Waals surface area contributed by atoms with Crippen molar-refractivity contribution in [1.82, 2.24) is 15.1 Å². The van der Waals surface area contributed by atoms with Crippen molar-refractivity contribution in [3.63, 3.8) is 0 Å². The Balaban J connectivity index is 1.89. The third kappa shape index (κ3) is 1.99. The summed E-state index contributed by atoms with van der Waals surface area (Å²) >= 11 is 0. The second kappa shape index (κ2) is 3.08. The Morgan fingerprint density at radius 2 is 2.46 bits per heavy atom. The fourth-order valence-electron chi connectivity index (χ4n) is 1.06. The van der Waals surface area contributed by atoms with Gasteiger partial charge in [-0.15, -0.1) is 0 Å². The fraction of sp³-hybridized carbons (Fsp3) is 0.500. The second-order valence-electron chi connectivity index (χ2n) is 3.21. The Morgan fingerprint density at radius 1 is 1.69 bits per heavy atom. The number of anilines is 1. The molecule has 13 heavy (non-hydrogen) atoms. The number of aryl methyl sites for hydroxylation is 1. The van der Waals surface area contributed by atoms with Gasteiger partial charge < -0.3 is 5.32 Å². The van der Waals surface area contributed by atoms with Gasteiger partial charge in [-0.3, -0.25) is 10.00 Å². The monoisotopic (exact) mass is 180 g/mol. The molecule has 1 aliphatic carbocycles. The highest BCUT2D eigenvalue weighted by Crippen LogP contribution is 2.18. The van der Waals surface area contributed by atoms with Crippen LogP contribution < -0.4 is 10.6 Å². The van der Waals surface area contributed by atoms with Gasteiger partial charge in [0.1, 0.15) is 5.82 Å². The molecule has 70 valence electrons. The van der Waals surface area contributed by atoms with Crippen molar-refractivity contribution in [3.8, 4) is 0 Å². The van der Waals surface area contributed by atoms with Crippen LogP contribution in [0.3, 0.4) is 0 Å². The van der Waals surface area contributed by atoms with Gasteiger partial charge in [-0.2, -0.15) is 5.10 Å². The quantitative estimate of drug-likeness (QED) is 0.704. The third-order valence-electron chi connectivity index (χ3n) is 1.98. The zero-order chi connectivity index (χ0) is 9.26. The van der Waals surface area contributed by atoms with E-state index in [0.717, 1.165) is 12.8 Å². The third-order valence-corrected chi connectivity index (χ3v) is 1.98. The lowest BCUT2D eigenvalue weighted by atomic mass is 10.6. The van der Waals surface area contributed by atoms with E-state index in [4.69, 9.17) is 0 Å². The average molecular weight is 180 g/mol. The number of amides is 2. The average Bonchev–Trinajstić information content (AvgIpc) is 2.79. The zero-order valence-electron chi connectivity index (χ0n) is 7.45. The maximum Gasteiger partial charge on any atom is 0.320 e. The van der Waals surface area contributed by atoms with Gasteiger partial charge in [0.15, 0.2) is 0 Å². The molecule has 0 aliphatic heterocycles. The number of urea groups is 1. The van der Waals surface area contributed by atoms with E-state index in [-0.39, 0.29) is 6.03 Å². The van der Waals surface area contributed by atoms with E-state index >= 15 is 0 Å². The SMILES string of the molecule is Cn1nccc1NC(=O)NC1CC1. The summed E-state index contributed by atoms with van der Waals surface area (Å²) in [4.78, 5) is 11.2. The molecule has 1 heterocycles. The molecule has 0 bridgehead atoms. The van der Waals surface area contributed by atoms with Gasteiger partial charge in [0.25, 0.3) is 0 Å². The summed E-state index contributed by atoms with van der Waals surface area (Å²) in [5.74, 6) is 0.707. The molecule has 1 aliphatic rings. The molecule has 0 atom stereocenters. The molecule has 2 amide bonds. The maximum atomic E-state index is 11.2. The van der Waals surface area contributed by atoms with Crippen LogP contribution >= 0.6 is 0 Å². The van der Waals surface area contributed by atoms with Crippen molar-refractivity contribution in [2.45, 2.75) is 18.9 Å². The number of nitrogens with zero attached hydrogens (tertiary/aromatic N) is 2. The van der Waals surface area contributed by atoms with E-state index in [9.17, 15) is 4.79 Å². The molecule has 5 nitrogen and oxygen atoms in total. The van der Waals surface area contributed by atoms with Crippen molar-refractivity contribution in [1.29, 1.82) is 0 Å². The molecule has 5 heteroatoms. The molecule has 0 aromatic carbocycles. The van der Waals surface area contributed by atoms with E-state index in [1.807, 2.05) is 0 Å². The van der Waals surface area contributed by atoms with Gasteiger partial charge in [0.2, 0.25) is 0 Å². The molecular weight excluding hydrogens is 168 g/mol. The lowest BCUT2D eigenvalue weighted by Gasteiger charge is -2.05. The Labute approximate surface area is 76.1 Å². The van der Waals surface area contributed by atoms with Gasteiger partial charge >= 0.3 is 6.03 Å². The summed E-state index contributed by atoms with van der Waals surface area (Å²) < 4.78 is 1.62. The summed E-state index contributed by atoms with van der Waals surface area (Å²) in [6.45, 7) is 0. The summed E-state index contributed by atoms with van der Waals surface area (Å²) in [7, 11) is 1.78. The van der Waals surface area contributed by atoms with Crippen molar-refractivity contribution in [3.05, 3.63) is 12.3 Å². The highest BCUT2D eigenvalue weighted by atomic mass is 16.2. The minimum Gasteiger partial charge on any atom is -0.335 e. The zero-order valence-corrected chi connectivity index (χ0v) is 7.45. The molecule has 0 radical (unpaired) electrons. The van der Waals surface area contributed by atoms with Crippen LogP contribution in [-0.4, -0.2) is 21.9 Å². The standard InChI is InChI=1S/C8H12N4O/c1-12-7(4-5-9-12)11-8(13)10-6-2-3-6/h4-6H,2-3H2,1H3,(H2,10,11,13). The van der Waals surface area contributed by atoms with Crippen molar-refractivity contribution in [2.24, 2.45) is 7.05 Å².